The Hall–Kier alpha value is -1.06. The van der Waals surface area contributed by atoms with E-state index in [1.54, 1.807) is 7.11 Å². The molecule has 6 N–H and O–H groups in total. The first kappa shape index (κ1) is 10.0. The lowest BCUT2D eigenvalue weighted by Gasteiger charge is -2.10. The van der Waals surface area contributed by atoms with Crippen LogP contribution in [-0.4, -0.2) is 7.11 Å². The Kier molecular flexibility index (Phi) is 3.28. The molecule has 13 heavy (non-hydrogen) atoms. The van der Waals surface area contributed by atoms with Crippen LogP contribution in [0.5, 0.6) is 5.75 Å². The first-order valence-corrected chi connectivity index (χ1v) is 4.47. The van der Waals surface area contributed by atoms with Gasteiger partial charge < -0.3 is 16.2 Å². The third-order valence-electron chi connectivity index (χ3n) is 2.13. The molecule has 0 spiro atoms. The van der Waals surface area contributed by atoms with E-state index in [9.17, 15) is 0 Å². The van der Waals surface area contributed by atoms with Crippen molar-refractivity contribution in [2.75, 3.05) is 7.11 Å². The van der Waals surface area contributed by atoms with Crippen LogP contribution in [0.1, 0.15) is 16.7 Å². The minimum atomic E-state index is 0.762. The van der Waals surface area contributed by atoms with Crippen molar-refractivity contribution >= 4 is 0 Å². The molecule has 0 aliphatic rings. The van der Waals surface area contributed by atoms with Gasteiger partial charge >= 0.3 is 0 Å². The normalized spacial score (nSPS) is 10.2. The zero-order valence-corrected chi connectivity index (χ0v) is 8.39. The summed E-state index contributed by atoms with van der Waals surface area (Å²) < 4.78 is 5.33. The lowest BCUT2D eigenvalue weighted by Crippen LogP contribution is -2.49. The highest BCUT2D eigenvalue weighted by Crippen LogP contribution is 2.24. The zero-order chi connectivity index (χ0) is 9.84. The largest absolute Gasteiger partial charge is 0.496 e. The fraction of sp³-hybridized carbons (Fsp3) is 0.400. The molecule has 1 aromatic carbocycles. The minimum absolute atomic E-state index is 0.762. The van der Waals surface area contributed by atoms with Gasteiger partial charge in [-0.1, -0.05) is 0 Å². The van der Waals surface area contributed by atoms with Gasteiger partial charge in [-0.15, -0.1) is 0 Å². The minimum Gasteiger partial charge on any atom is -0.496 e. The van der Waals surface area contributed by atoms with E-state index < -0.39 is 0 Å². The van der Waals surface area contributed by atoms with Crippen LogP contribution in [0, 0.1) is 6.92 Å². The van der Waals surface area contributed by atoms with Crippen LogP contribution in [0.15, 0.2) is 12.1 Å². The maximum atomic E-state index is 5.33. The molecule has 0 fully saturated rings. The first-order valence-electron chi connectivity index (χ1n) is 4.47. The number of hydrogen-bond acceptors (Lipinski definition) is 1. The van der Waals surface area contributed by atoms with E-state index >= 15 is 0 Å². The van der Waals surface area contributed by atoms with Crippen molar-refractivity contribution in [2.45, 2.75) is 20.0 Å². The Labute approximate surface area is 78.7 Å². The Morgan fingerprint density at radius 2 is 1.62 bits per heavy atom. The van der Waals surface area contributed by atoms with Gasteiger partial charge in [-0.3, -0.25) is 0 Å². The highest BCUT2D eigenvalue weighted by atomic mass is 16.5. The van der Waals surface area contributed by atoms with E-state index in [4.69, 9.17) is 4.74 Å². The topological polar surface area (TPSA) is 64.5 Å². The number of methoxy groups -OCH3 is 1. The summed E-state index contributed by atoms with van der Waals surface area (Å²) in [6.45, 7) is 3.60. The number of hydrogen-bond donors (Lipinski definition) is 2. The van der Waals surface area contributed by atoms with Crippen molar-refractivity contribution in [1.29, 1.82) is 0 Å². The fourth-order valence-electron chi connectivity index (χ4n) is 1.56. The SMILES string of the molecule is COc1c(C[NH3+])cc(C)cc1C[NH3+]. The summed E-state index contributed by atoms with van der Waals surface area (Å²) in [6.07, 6.45) is 0. The predicted molar refractivity (Wildman–Crippen MR) is 50.9 cm³/mol. The van der Waals surface area contributed by atoms with Crippen LogP contribution in [0.4, 0.5) is 0 Å². The van der Waals surface area contributed by atoms with E-state index in [0.29, 0.717) is 0 Å². The van der Waals surface area contributed by atoms with E-state index in [2.05, 4.69) is 30.5 Å². The molecule has 0 saturated carbocycles. The Morgan fingerprint density at radius 3 is 1.92 bits per heavy atom. The number of quaternary nitrogens is 2. The summed E-state index contributed by atoms with van der Waals surface area (Å²) in [7, 11) is 1.70. The van der Waals surface area contributed by atoms with Crippen LogP contribution >= 0.6 is 0 Å². The number of benzene rings is 1. The third-order valence-corrected chi connectivity index (χ3v) is 2.13. The van der Waals surface area contributed by atoms with E-state index in [-0.39, 0.29) is 0 Å². The van der Waals surface area contributed by atoms with Crippen LogP contribution in [0.2, 0.25) is 0 Å². The molecule has 0 saturated heterocycles. The predicted octanol–water partition coefficient (Wildman–Crippen LogP) is -0.513. The van der Waals surface area contributed by atoms with E-state index in [1.807, 2.05) is 0 Å². The van der Waals surface area contributed by atoms with Gasteiger partial charge in [-0.2, -0.15) is 0 Å². The van der Waals surface area contributed by atoms with Gasteiger partial charge in [-0.05, 0) is 24.6 Å². The number of aryl methyl sites for hydroxylation is 1. The summed E-state index contributed by atoms with van der Waals surface area (Å²) in [5.41, 5.74) is 11.3. The van der Waals surface area contributed by atoms with Gasteiger partial charge in [0.1, 0.15) is 18.8 Å². The average molecular weight is 182 g/mol. The van der Waals surface area contributed by atoms with Gasteiger partial charge in [0.15, 0.2) is 0 Å². The van der Waals surface area contributed by atoms with Crippen molar-refractivity contribution in [1.82, 2.24) is 0 Å². The number of ether oxygens (including phenoxy) is 1. The molecule has 0 radical (unpaired) electrons. The van der Waals surface area contributed by atoms with E-state index in [0.717, 1.165) is 18.8 Å². The number of rotatable bonds is 3. The lowest BCUT2D eigenvalue weighted by atomic mass is 10.0. The molecule has 0 bridgehead atoms. The summed E-state index contributed by atoms with van der Waals surface area (Å²) in [4.78, 5) is 0. The molecule has 0 unspecified atom stereocenters. The fourth-order valence-corrected chi connectivity index (χ4v) is 1.56. The van der Waals surface area contributed by atoms with Crippen molar-refractivity contribution in [3.8, 4) is 5.75 Å². The van der Waals surface area contributed by atoms with Crippen LogP contribution in [-0.2, 0) is 13.1 Å². The molecule has 0 aromatic heterocycles. The van der Waals surface area contributed by atoms with Gasteiger partial charge in [0.2, 0.25) is 0 Å². The van der Waals surface area contributed by atoms with Crippen molar-refractivity contribution in [2.24, 2.45) is 0 Å². The third kappa shape index (κ3) is 1.99. The van der Waals surface area contributed by atoms with Crippen molar-refractivity contribution in [3.05, 3.63) is 28.8 Å². The first-order chi connectivity index (χ1) is 6.22. The molecule has 0 atom stereocenters. The Morgan fingerprint density at radius 1 is 1.15 bits per heavy atom. The molecule has 0 aliphatic carbocycles. The molecule has 1 rings (SSSR count). The maximum absolute atomic E-state index is 5.33. The molecule has 0 aliphatic heterocycles. The maximum Gasteiger partial charge on any atom is 0.136 e. The monoisotopic (exact) mass is 182 g/mol. The summed E-state index contributed by atoms with van der Waals surface area (Å²) in [5.74, 6) is 0.954. The van der Waals surface area contributed by atoms with Crippen LogP contribution in [0.3, 0.4) is 0 Å². The van der Waals surface area contributed by atoms with Crippen molar-refractivity contribution in [3.63, 3.8) is 0 Å². The summed E-state index contributed by atoms with van der Waals surface area (Å²) in [5, 5.41) is 0. The molecule has 3 nitrogen and oxygen atoms in total. The smallest absolute Gasteiger partial charge is 0.136 e. The van der Waals surface area contributed by atoms with Gasteiger partial charge in [0.05, 0.1) is 7.11 Å². The van der Waals surface area contributed by atoms with Crippen molar-refractivity contribution < 1.29 is 16.2 Å². The molecule has 0 heterocycles. The summed E-state index contributed by atoms with van der Waals surface area (Å²) in [6, 6.07) is 4.23. The second-order valence-corrected chi connectivity index (χ2v) is 3.12. The highest BCUT2D eigenvalue weighted by molar-refractivity contribution is 5.43. The zero-order valence-electron chi connectivity index (χ0n) is 8.39. The van der Waals surface area contributed by atoms with E-state index in [1.165, 1.54) is 16.7 Å². The average Bonchev–Trinajstić information content (AvgIpc) is 2.16. The van der Waals surface area contributed by atoms with Gasteiger partial charge in [0, 0.05) is 11.1 Å². The molecule has 0 amide bonds. The lowest BCUT2D eigenvalue weighted by molar-refractivity contribution is -0.388. The molecule has 72 valence electrons. The quantitative estimate of drug-likeness (QED) is 0.649. The van der Waals surface area contributed by atoms with Crippen LogP contribution in [0.25, 0.3) is 0 Å². The Balaban J connectivity index is 3.25. The standard InChI is InChI=1S/C10H16N2O/c1-7-3-8(5-11)10(13-2)9(4-7)6-12/h3-4H,5-6,11-12H2,1-2H3/p+2. The molecular formula is C10H18N2O+2. The second-order valence-electron chi connectivity index (χ2n) is 3.12. The Bertz CT molecular complexity index is 272. The van der Waals surface area contributed by atoms with Crippen LogP contribution < -0.4 is 16.2 Å². The van der Waals surface area contributed by atoms with Gasteiger partial charge in [-0.25, -0.2) is 0 Å². The molecular weight excluding hydrogens is 164 g/mol. The molecule has 3 heteroatoms. The second kappa shape index (κ2) is 4.25. The molecule has 1 aromatic rings. The highest BCUT2D eigenvalue weighted by Gasteiger charge is 2.10. The summed E-state index contributed by atoms with van der Waals surface area (Å²) >= 11 is 0. The van der Waals surface area contributed by atoms with Gasteiger partial charge in [0.25, 0.3) is 0 Å².